The molecule has 5 heteroatoms. The molecule has 0 fully saturated rings. The van der Waals surface area contributed by atoms with E-state index in [4.69, 9.17) is 5.73 Å². The lowest BCUT2D eigenvalue weighted by Gasteiger charge is -2.08. The van der Waals surface area contributed by atoms with Crippen molar-refractivity contribution >= 4 is 11.6 Å². The van der Waals surface area contributed by atoms with Crippen LogP contribution >= 0.6 is 0 Å². The maximum atomic E-state index is 13.3. The topological polar surface area (TPSA) is 75.4 Å². The van der Waals surface area contributed by atoms with Crippen LogP contribution in [0.5, 0.6) is 5.75 Å². The molecule has 0 unspecified atom stereocenters. The van der Waals surface area contributed by atoms with Gasteiger partial charge in [-0.1, -0.05) is 6.07 Å². The van der Waals surface area contributed by atoms with Gasteiger partial charge >= 0.3 is 0 Å². The largest absolute Gasteiger partial charge is 0.508 e. The Morgan fingerprint density at radius 2 is 2.05 bits per heavy atom. The highest BCUT2D eigenvalue weighted by Crippen LogP contribution is 2.19. The first-order valence-electron chi connectivity index (χ1n) is 6.10. The van der Waals surface area contributed by atoms with Crippen LogP contribution in [0.15, 0.2) is 36.4 Å². The van der Waals surface area contributed by atoms with Gasteiger partial charge in [-0.15, -0.1) is 0 Å². The molecule has 0 heterocycles. The standard InChI is InChI=1S/C15H15FN2O2/c1-9-2-3-10(7-14(9)19)15(20)18-12-4-5-13(16)11(6-12)8-17/h2-7,19H,8,17H2,1H3,(H,18,20). The smallest absolute Gasteiger partial charge is 0.255 e. The number of amides is 1. The summed E-state index contributed by atoms with van der Waals surface area (Å²) in [5.41, 5.74) is 7.21. The number of nitrogens with two attached hydrogens (primary N) is 1. The van der Waals surface area contributed by atoms with Gasteiger partial charge in [-0.25, -0.2) is 4.39 Å². The van der Waals surface area contributed by atoms with Crippen LogP contribution in [0.1, 0.15) is 21.5 Å². The van der Waals surface area contributed by atoms with Crippen molar-refractivity contribution in [2.75, 3.05) is 5.32 Å². The number of carbonyl (C=O) groups excluding carboxylic acids is 1. The summed E-state index contributed by atoms with van der Waals surface area (Å²) >= 11 is 0. The maximum absolute atomic E-state index is 13.3. The van der Waals surface area contributed by atoms with E-state index >= 15 is 0 Å². The van der Waals surface area contributed by atoms with E-state index in [-0.39, 0.29) is 18.2 Å². The Hall–Kier alpha value is -2.40. The quantitative estimate of drug-likeness (QED) is 0.805. The van der Waals surface area contributed by atoms with Crippen LogP contribution in [0.25, 0.3) is 0 Å². The number of aryl methyl sites for hydroxylation is 1. The first kappa shape index (κ1) is 14.0. The number of hydrogen-bond acceptors (Lipinski definition) is 3. The molecule has 2 aromatic carbocycles. The highest BCUT2D eigenvalue weighted by atomic mass is 19.1. The van der Waals surface area contributed by atoms with Gasteiger partial charge in [0.15, 0.2) is 0 Å². The number of benzene rings is 2. The number of carbonyl (C=O) groups is 1. The second-order valence-electron chi connectivity index (χ2n) is 4.47. The first-order chi connectivity index (χ1) is 9.51. The second-order valence-corrected chi connectivity index (χ2v) is 4.47. The molecule has 4 nitrogen and oxygen atoms in total. The summed E-state index contributed by atoms with van der Waals surface area (Å²) in [5, 5.41) is 12.2. The molecular weight excluding hydrogens is 259 g/mol. The maximum Gasteiger partial charge on any atom is 0.255 e. The zero-order valence-corrected chi connectivity index (χ0v) is 11.0. The third-order valence-electron chi connectivity index (χ3n) is 2.99. The number of halogens is 1. The van der Waals surface area contributed by atoms with E-state index in [2.05, 4.69) is 5.32 Å². The van der Waals surface area contributed by atoms with Gasteiger partial charge < -0.3 is 16.2 Å². The van der Waals surface area contributed by atoms with E-state index in [1.54, 1.807) is 19.1 Å². The molecule has 1 amide bonds. The molecule has 0 spiro atoms. The number of hydrogen-bond donors (Lipinski definition) is 3. The minimum Gasteiger partial charge on any atom is -0.508 e. The van der Waals surface area contributed by atoms with Crippen LogP contribution in [0.2, 0.25) is 0 Å². The number of phenols is 1. The predicted octanol–water partition coefficient (Wildman–Crippen LogP) is 2.55. The average molecular weight is 274 g/mol. The van der Waals surface area contributed by atoms with E-state index in [0.717, 1.165) is 0 Å². The van der Waals surface area contributed by atoms with Crippen molar-refractivity contribution in [2.45, 2.75) is 13.5 Å². The number of rotatable bonds is 3. The molecule has 0 saturated heterocycles. The SMILES string of the molecule is Cc1ccc(C(=O)Nc2ccc(F)c(CN)c2)cc1O. The van der Waals surface area contributed by atoms with E-state index in [1.165, 1.54) is 24.3 Å². The first-order valence-corrected chi connectivity index (χ1v) is 6.10. The third-order valence-corrected chi connectivity index (χ3v) is 2.99. The minimum atomic E-state index is -0.404. The monoisotopic (exact) mass is 274 g/mol. The van der Waals surface area contributed by atoms with E-state index in [1.807, 2.05) is 0 Å². The van der Waals surface area contributed by atoms with Crippen LogP contribution < -0.4 is 11.1 Å². The van der Waals surface area contributed by atoms with Crippen LogP contribution in [0.4, 0.5) is 10.1 Å². The number of anilines is 1. The Morgan fingerprint density at radius 1 is 1.30 bits per heavy atom. The van der Waals surface area contributed by atoms with Crippen LogP contribution in [-0.4, -0.2) is 11.0 Å². The van der Waals surface area contributed by atoms with Crippen molar-refractivity contribution in [1.82, 2.24) is 0 Å². The normalized spacial score (nSPS) is 10.3. The van der Waals surface area contributed by atoms with E-state index in [0.29, 0.717) is 22.4 Å². The molecule has 0 radical (unpaired) electrons. The number of phenolic OH excluding ortho intramolecular Hbond substituents is 1. The van der Waals surface area contributed by atoms with Crippen molar-refractivity contribution in [2.24, 2.45) is 5.73 Å². The van der Waals surface area contributed by atoms with Crippen molar-refractivity contribution < 1.29 is 14.3 Å². The fourth-order valence-corrected chi connectivity index (χ4v) is 1.76. The van der Waals surface area contributed by atoms with Crippen molar-refractivity contribution in [1.29, 1.82) is 0 Å². The Morgan fingerprint density at radius 3 is 2.70 bits per heavy atom. The molecule has 0 aliphatic carbocycles. The summed E-state index contributed by atoms with van der Waals surface area (Å²) in [6, 6.07) is 8.85. The average Bonchev–Trinajstić information content (AvgIpc) is 2.43. The van der Waals surface area contributed by atoms with Crippen molar-refractivity contribution in [3.63, 3.8) is 0 Å². The molecule has 0 bridgehead atoms. The molecule has 4 N–H and O–H groups in total. The van der Waals surface area contributed by atoms with Crippen LogP contribution in [0, 0.1) is 12.7 Å². The highest BCUT2D eigenvalue weighted by Gasteiger charge is 2.09. The molecule has 0 aromatic heterocycles. The molecule has 0 aliphatic rings. The summed E-state index contributed by atoms with van der Waals surface area (Å²) in [7, 11) is 0. The Labute approximate surface area is 116 Å². The lowest BCUT2D eigenvalue weighted by atomic mass is 10.1. The second kappa shape index (κ2) is 5.71. The summed E-state index contributed by atoms with van der Waals surface area (Å²) in [5.74, 6) is -0.729. The van der Waals surface area contributed by atoms with Gasteiger partial charge in [0.1, 0.15) is 11.6 Å². The molecule has 0 atom stereocenters. The predicted molar refractivity (Wildman–Crippen MR) is 75.1 cm³/mol. The summed E-state index contributed by atoms with van der Waals surface area (Å²) < 4.78 is 13.3. The third kappa shape index (κ3) is 2.95. The zero-order chi connectivity index (χ0) is 14.7. The molecule has 2 aromatic rings. The minimum absolute atomic E-state index is 0.0550. The van der Waals surface area contributed by atoms with E-state index < -0.39 is 5.82 Å². The summed E-state index contributed by atoms with van der Waals surface area (Å²) in [6.07, 6.45) is 0. The fourth-order valence-electron chi connectivity index (χ4n) is 1.76. The van der Waals surface area contributed by atoms with Gasteiger partial charge in [0, 0.05) is 23.4 Å². The van der Waals surface area contributed by atoms with Crippen molar-refractivity contribution in [3.05, 3.63) is 58.9 Å². The van der Waals surface area contributed by atoms with Crippen molar-refractivity contribution in [3.8, 4) is 5.75 Å². The van der Waals surface area contributed by atoms with Crippen LogP contribution in [-0.2, 0) is 6.54 Å². The zero-order valence-electron chi connectivity index (χ0n) is 11.0. The van der Waals surface area contributed by atoms with Gasteiger partial charge in [0.25, 0.3) is 5.91 Å². The van der Waals surface area contributed by atoms with Gasteiger partial charge in [-0.3, -0.25) is 4.79 Å². The molecule has 104 valence electrons. The fraction of sp³-hybridized carbons (Fsp3) is 0.133. The number of nitrogens with one attached hydrogen (secondary N) is 1. The summed E-state index contributed by atoms with van der Waals surface area (Å²) in [6.45, 7) is 1.80. The van der Waals surface area contributed by atoms with Gasteiger partial charge in [-0.05, 0) is 42.8 Å². The van der Waals surface area contributed by atoms with Gasteiger partial charge in [0.05, 0.1) is 0 Å². The number of aromatic hydroxyl groups is 1. The molecular formula is C15H15FN2O2. The Kier molecular flexibility index (Phi) is 4.00. The van der Waals surface area contributed by atoms with Gasteiger partial charge in [-0.2, -0.15) is 0 Å². The molecule has 20 heavy (non-hydrogen) atoms. The lowest BCUT2D eigenvalue weighted by Crippen LogP contribution is -2.12. The molecule has 0 aliphatic heterocycles. The molecule has 2 rings (SSSR count). The van der Waals surface area contributed by atoms with Crippen LogP contribution in [0.3, 0.4) is 0 Å². The van der Waals surface area contributed by atoms with Gasteiger partial charge in [0.2, 0.25) is 0 Å². The Bertz CT molecular complexity index is 656. The highest BCUT2D eigenvalue weighted by molar-refractivity contribution is 6.04. The molecule has 0 saturated carbocycles. The summed E-state index contributed by atoms with van der Waals surface area (Å²) in [4.78, 5) is 12.0. The Balaban J connectivity index is 2.21. The van der Waals surface area contributed by atoms with E-state index in [9.17, 15) is 14.3 Å². The lowest BCUT2D eigenvalue weighted by molar-refractivity contribution is 0.102.